The first-order valence-electron chi connectivity index (χ1n) is 22.2. The second kappa shape index (κ2) is 23.5. The van der Waals surface area contributed by atoms with E-state index in [9.17, 15) is 90.4 Å². The molecule has 408 valence electrons. The number of hydrogen-bond acceptors (Lipinski definition) is 16. The summed E-state index contributed by atoms with van der Waals surface area (Å²) in [6, 6.07) is 20.4. The number of nitriles is 2. The standard InChI is InChI=1S/C24H23F5N4O5S.C22H19F5N4O5S/c1-2-38-22(35)18-12-17(13-30)20(31-19(18)23(25,26)24(27,28)29)33-10-8-16(9-11-33)21(34)32-39(36,37)14-15-6-4-3-5-7-15;1-2-36-20(33)16-8-14(9-28)18(29-17(16)21(23,24)22(25,26)27)31-10-15(11-31)19(32)30-37(34,35)12-13-6-4-3-5-7-13/h3-7,12,16H,2,8-11,14H2,1H3,(H,32,34);3-8,15H,2,10-12H2,1H3,(H,30,32). The number of nitrogens with zero attached hydrogens (tertiary/aromatic N) is 6. The van der Waals surface area contributed by atoms with E-state index < -0.39 is 137 Å². The summed E-state index contributed by atoms with van der Waals surface area (Å²) in [5, 5.41) is 18.9. The normalized spacial score (nSPS) is 14.7. The first kappa shape index (κ1) is 59.3. The lowest BCUT2D eigenvalue weighted by Crippen LogP contribution is -2.55. The molecule has 2 aromatic heterocycles. The van der Waals surface area contributed by atoms with E-state index in [2.05, 4.69) is 19.4 Å². The van der Waals surface area contributed by atoms with Crippen LogP contribution in [-0.4, -0.2) is 102 Å². The highest BCUT2D eigenvalue weighted by molar-refractivity contribution is 7.89. The van der Waals surface area contributed by atoms with Crippen LogP contribution < -0.4 is 19.2 Å². The topological polar surface area (TPSA) is 259 Å². The van der Waals surface area contributed by atoms with Crippen LogP contribution in [0.2, 0.25) is 0 Å². The third-order valence-corrected chi connectivity index (χ3v) is 13.6. The predicted octanol–water partition coefficient (Wildman–Crippen LogP) is 6.51. The number of ether oxygens (including phenoxy) is 2. The summed E-state index contributed by atoms with van der Waals surface area (Å²) in [7, 11) is -8.09. The molecule has 2 N–H and O–H groups in total. The molecule has 30 heteroatoms. The molecule has 76 heavy (non-hydrogen) atoms. The van der Waals surface area contributed by atoms with Crippen LogP contribution in [-0.2, 0) is 62.5 Å². The van der Waals surface area contributed by atoms with Crippen LogP contribution in [0, 0.1) is 34.5 Å². The number of rotatable bonds is 16. The van der Waals surface area contributed by atoms with E-state index in [0.29, 0.717) is 23.3 Å². The molecule has 2 aliphatic rings. The van der Waals surface area contributed by atoms with E-state index in [4.69, 9.17) is 0 Å². The number of piperidine rings is 1. The molecule has 6 rings (SSSR count). The molecule has 0 aliphatic carbocycles. The van der Waals surface area contributed by atoms with Crippen molar-refractivity contribution in [2.45, 2.75) is 62.4 Å². The van der Waals surface area contributed by atoms with Gasteiger partial charge in [-0.25, -0.2) is 36.4 Å². The van der Waals surface area contributed by atoms with Gasteiger partial charge in [-0.05, 0) is 49.9 Å². The summed E-state index contributed by atoms with van der Waals surface area (Å²) < 4.78 is 199. The van der Waals surface area contributed by atoms with Gasteiger partial charge in [-0.2, -0.15) is 54.4 Å². The summed E-state index contributed by atoms with van der Waals surface area (Å²) in [5.41, 5.74) is -6.38. The smallest absolute Gasteiger partial charge is 0.459 e. The maximum absolute atomic E-state index is 14.4. The van der Waals surface area contributed by atoms with Crippen LogP contribution in [0.3, 0.4) is 0 Å². The average Bonchev–Trinajstić information content (AvgIpc) is 3.32. The molecule has 2 amide bonds. The molecule has 0 radical (unpaired) electrons. The zero-order valence-corrected chi connectivity index (χ0v) is 41.1. The van der Waals surface area contributed by atoms with Gasteiger partial charge in [-0.3, -0.25) is 19.0 Å². The third kappa shape index (κ3) is 14.0. The van der Waals surface area contributed by atoms with E-state index in [-0.39, 0.29) is 52.2 Å². The molecular formula is C46H42F10N8O10S2. The largest absolute Gasteiger partial charge is 0.462 e. The minimum atomic E-state index is -6.11. The lowest BCUT2D eigenvalue weighted by molar-refractivity contribution is -0.291. The Kier molecular flexibility index (Phi) is 18.3. The quantitative estimate of drug-likeness (QED) is 0.0895. The summed E-state index contributed by atoms with van der Waals surface area (Å²) in [5.74, 6) is -19.7. The Morgan fingerprint density at radius 1 is 0.605 bits per heavy atom. The van der Waals surface area contributed by atoms with Crippen molar-refractivity contribution in [1.29, 1.82) is 10.5 Å². The zero-order valence-electron chi connectivity index (χ0n) is 39.5. The van der Waals surface area contributed by atoms with Crippen LogP contribution in [0.1, 0.15) is 81.0 Å². The van der Waals surface area contributed by atoms with Gasteiger partial charge in [-0.15, -0.1) is 0 Å². The molecule has 2 saturated heterocycles. The fourth-order valence-electron chi connectivity index (χ4n) is 7.43. The maximum Gasteiger partial charge on any atom is 0.459 e. The van der Waals surface area contributed by atoms with Crippen molar-refractivity contribution in [3.8, 4) is 12.1 Å². The number of amides is 2. The van der Waals surface area contributed by atoms with Crippen molar-refractivity contribution in [2.75, 3.05) is 49.2 Å². The first-order valence-corrected chi connectivity index (χ1v) is 25.5. The van der Waals surface area contributed by atoms with Crippen LogP contribution in [0.15, 0.2) is 72.8 Å². The van der Waals surface area contributed by atoms with Crippen LogP contribution in [0.5, 0.6) is 0 Å². The summed E-state index contributed by atoms with van der Waals surface area (Å²) in [6.45, 7) is 1.07. The molecule has 2 aromatic carbocycles. The van der Waals surface area contributed by atoms with Gasteiger partial charge in [0.25, 0.3) is 0 Å². The van der Waals surface area contributed by atoms with Crippen molar-refractivity contribution in [3.63, 3.8) is 0 Å². The molecule has 0 bridgehead atoms. The van der Waals surface area contributed by atoms with E-state index in [1.165, 1.54) is 30.9 Å². The highest BCUT2D eigenvalue weighted by Crippen LogP contribution is 2.47. The number of benzene rings is 2. The SMILES string of the molecule is CCOC(=O)c1cc(C#N)c(N2CC(C(=O)NS(=O)(=O)Cc3ccccc3)C2)nc1C(F)(F)C(F)(F)F.CCOC(=O)c1cc(C#N)c(N2CCC(C(=O)NS(=O)(=O)Cc3ccccc3)CC2)nc1C(F)(F)C(F)(F)F. The molecule has 2 fully saturated rings. The highest BCUT2D eigenvalue weighted by Gasteiger charge is 2.63. The number of carbonyl (C=O) groups is 4. The Bertz CT molecular complexity index is 3130. The van der Waals surface area contributed by atoms with E-state index in [0.717, 1.165) is 4.90 Å². The van der Waals surface area contributed by atoms with Crippen molar-refractivity contribution < 1.29 is 89.4 Å². The van der Waals surface area contributed by atoms with E-state index >= 15 is 0 Å². The number of anilines is 2. The second-order valence-corrected chi connectivity index (χ2v) is 20.1. The van der Waals surface area contributed by atoms with Gasteiger partial charge in [0.1, 0.15) is 35.2 Å². The predicted molar refractivity (Wildman–Crippen MR) is 245 cm³/mol. The number of alkyl halides is 10. The van der Waals surface area contributed by atoms with Gasteiger partial charge < -0.3 is 19.3 Å². The summed E-state index contributed by atoms with van der Waals surface area (Å²) in [6.07, 6.45) is -12.2. The molecular weight excluding hydrogens is 1080 g/mol. The van der Waals surface area contributed by atoms with Crippen molar-refractivity contribution in [2.24, 2.45) is 11.8 Å². The molecule has 0 saturated carbocycles. The number of halogens is 10. The number of pyridine rings is 2. The van der Waals surface area contributed by atoms with Crippen LogP contribution in [0.4, 0.5) is 55.5 Å². The molecule has 2 aliphatic heterocycles. The number of esters is 2. The van der Waals surface area contributed by atoms with Gasteiger partial charge in [0.15, 0.2) is 0 Å². The number of carbonyl (C=O) groups excluding carboxylic acids is 4. The number of nitrogens with one attached hydrogen (secondary N) is 2. The first-order chi connectivity index (χ1) is 35.4. The van der Waals surface area contributed by atoms with Crippen LogP contribution in [0.25, 0.3) is 0 Å². The molecule has 4 heterocycles. The minimum Gasteiger partial charge on any atom is -0.462 e. The molecule has 0 spiro atoms. The van der Waals surface area contributed by atoms with Gasteiger partial charge in [-0.1, -0.05) is 60.7 Å². The molecule has 4 aromatic rings. The number of sulfonamides is 2. The van der Waals surface area contributed by atoms with Crippen molar-refractivity contribution in [3.05, 3.63) is 118 Å². The Morgan fingerprint density at radius 3 is 1.30 bits per heavy atom. The second-order valence-electron chi connectivity index (χ2n) is 16.6. The molecule has 0 unspecified atom stereocenters. The van der Waals surface area contributed by atoms with Crippen LogP contribution >= 0.6 is 0 Å². The lowest BCUT2D eigenvalue weighted by Gasteiger charge is -2.39. The monoisotopic (exact) mass is 1120 g/mol. The van der Waals surface area contributed by atoms with Crippen molar-refractivity contribution >= 4 is 55.4 Å². The third-order valence-electron chi connectivity index (χ3n) is 11.2. The Balaban J connectivity index is 0.000000281. The highest BCUT2D eigenvalue weighted by atomic mass is 32.2. The fourth-order valence-corrected chi connectivity index (χ4v) is 9.79. The fraction of sp³-hybridized carbons (Fsp3) is 0.391. The zero-order chi connectivity index (χ0) is 56.6. The Morgan fingerprint density at radius 2 is 0.961 bits per heavy atom. The molecule has 18 nitrogen and oxygen atoms in total. The van der Waals surface area contributed by atoms with Gasteiger partial charge in [0, 0.05) is 32.1 Å². The van der Waals surface area contributed by atoms with Gasteiger partial charge in [0.05, 0.1) is 52.9 Å². The number of aromatic nitrogens is 2. The van der Waals surface area contributed by atoms with Gasteiger partial charge >= 0.3 is 36.1 Å². The molecule has 0 atom stereocenters. The average molecular weight is 1120 g/mol. The summed E-state index contributed by atoms with van der Waals surface area (Å²) in [4.78, 5) is 58.3. The maximum atomic E-state index is 14.4. The van der Waals surface area contributed by atoms with E-state index in [1.54, 1.807) is 60.7 Å². The minimum absolute atomic E-state index is 0.0101. The Hall–Kier alpha value is -7.60. The van der Waals surface area contributed by atoms with E-state index in [1.807, 2.05) is 9.44 Å². The van der Waals surface area contributed by atoms with Gasteiger partial charge in [0.2, 0.25) is 31.9 Å². The van der Waals surface area contributed by atoms with Crippen molar-refractivity contribution in [1.82, 2.24) is 19.4 Å². The Labute approximate surface area is 426 Å². The summed E-state index contributed by atoms with van der Waals surface area (Å²) >= 11 is 0. The lowest BCUT2D eigenvalue weighted by atomic mass is 9.95. The number of hydrogen-bond donors (Lipinski definition) is 2.